The molecular formula is C15H24NO. The van der Waals surface area contributed by atoms with Crippen molar-refractivity contribution in [3.63, 3.8) is 0 Å². The number of ether oxygens (including phenoxy) is 1. The van der Waals surface area contributed by atoms with Crippen LogP contribution in [0.2, 0.25) is 0 Å². The summed E-state index contributed by atoms with van der Waals surface area (Å²) < 4.78 is 5.03. The molecule has 0 saturated heterocycles. The Morgan fingerprint density at radius 3 is 2.88 bits per heavy atom. The summed E-state index contributed by atoms with van der Waals surface area (Å²) in [7, 11) is 1.76. The Kier molecular flexibility index (Phi) is 7.48. The van der Waals surface area contributed by atoms with E-state index >= 15 is 0 Å². The van der Waals surface area contributed by atoms with Crippen LogP contribution in [0.25, 0.3) is 0 Å². The fraction of sp³-hybridized carbons (Fsp3) is 0.533. The van der Waals surface area contributed by atoms with Gasteiger partial charge >= 0.3 is 0 Å². The molecule has 0 aromatic heterocycles. The lowest BCUT2D eigenvalue weighted by atomic mass is 10.1. The molecule has 0 atom stereocenters. The third-order valence-corrected chi connectivity index (χ3v) is 2.72. The summed E-state index contributed by atoms with van der Waals surface area (Å²) in [6.07, 6.45) is 6.81. The topological polar surface area (TPSA) is 21.3 Å². The number of benzene rings is 1. The molecule has 0 aliphatic rings. The highest BCUT2D eigenvalue weighted by Crippen LogP contribution is 2.12. The maximum Gasteiger partial charge on any atom is 0.0462 e. The normalized spacial score (nSPS) is 10.5. The van der Waals surface area contributed by atoms with E-state index in [9.17, 15) is 0 Å². The van der Waals surface area contributed by atoms with Gasteiger partial charge in [0.1, 0.15) is 0 Å². The van der Waals surface area contributed by atoms with Gasteiger partial charge in [0.15, 0.2) is 0 Å². The van der Waals surface area contributed by atoms with E-state index in [4.69, 9.17) is 4.74 Å². The molecule has 1 aromatic rings. The van der Waals surface area contributed by atoms with Gasteiger partial charge in [-0.1, -0.05) is 19.1 Å². The molecule has 95 valence electrons. The fourth-order valence-corrected chi connectivity index (χ4v) is 1.82. The summed E-state index contributed by atoms with van der Waals surface area (Å²) in [5, 5.41) is 3.47. The zero-order valence-corrected chi connectivity index (χ0v) is 11.0. The molecular weight excluding hydrogens is 210 g/mol. The first-order valence-corrected chi connectivity index (χ1v) is 6.46. The van der Waals surface area contributed by atoms with Crippen LogP contribution in [-0.2, 0) is 11.2 Å². The van der Waals surface area contributed by atoms with E-state index in [1.165, 1.54) is 24.1 Å². The highest BCUT2D eigenvalue weighted by atomic mass is 16.5. The van der Waals surface area contributed by atoms with Crippen molar-refractivity contribution < 1.29 is 4.74 Å². The van der Waals surface area contributed by atoms with Crippen molar-refractivity contribution in [2.24, 2.45) is 0 Å². The maximum atomic E-state index is 5.03. The number of methoxy groups -OCH3 is 1. The van der Waals surface area contributed by atoms with Crippen molar-refractivity contribution in [2.75, 3.05) is 25.6 Å². The molecule has 17 heavy (non-hydrogen) atoms. The molecule has 2 nitrogen and oxygen atoms in total. The maximum absolute atomic E-state index is 5.03. The zero-order valence-electron chi connectivity index (χ0n) is 11.0. The minimum Gasteiger partial charge on any atom is -0.385 e. The second-order valence-corrected chi connectivity index (χ2v) is 4.29. The summed E-state index contributed by atoms with van der Waals surface area (Å²) in [6.45, 7) is 4.01. The van der Waals surface area contributed by atoms with Crippen LogP contribution in [-0.4, -0.2) is 20.3 Å². The third-order valence-electron chi connectivity index (χ3n) is 2.72. The van der Waals surface area contributed by atoms with Gasteiger partial charge in [0.05, 0.1) is 0 Å². The van der Waals surface area contributed by atoms with Crippen LogP contribution in [0.1, 0.15) is 31.7 Å². The number of nitrogens with one attached hydrogen (secondary N) is 1. The number of hydrogen-bond donors (Lipinski definition) is 1. The second kappa shape index (κ2) is 9.06. The van der Waals surface area contributed by atoms with Gasteiger partial charge in [0, 0.05) is 25.9 Å². The fourth-order valence-electron chi connectivity index (χ4n) is 1.82. The van der Waals surface area contributed by atoms with Crippen LogP contribution in [0.5, 0.6) is 0 Å². The van der Waals surface area contributed by atoms with E-state index in [-0.39, 0.29) is 0 Å². The lowest BCUT2D eigenvalue weighted by Gasteiger charge is -2.08. The van der Waals surface area contributed by atoms with Gasteiger partial charge in [0.25, 0.3) is 0 Å². The summed E-state index contributed by atoms with van der Waals surface area (Å²) in [5.41, 5.74) is 2.60. The first-order valence-electron chi connectivity index (χ1n) is 6.46. The van der Waals surface area contributed by atoms with Gasteiger partial charge < -0.3 is 10.1 Å². The molecule has 1 N–H and O–H groups in total. The Labute approximate surface area is 105 Å². The Bertz CT molecular complexity index is 299. The van der Waals surface area contributed by atoms with E-state index in [1.54, 1.807) is 7.11 Å². The average molecular weight is 234 g/mol. The first-order chi connectivity index (χ1) is 8.36. The van der Waals surface area contributed by atoms with Crippen LogP contribution in [0.15, 0.2) is 24.3 Å². The van der Waals surface area contributed by atoms with Crippen LogP contribution in [0, 0.1) is 6.42 Å². The summed E-state index contributed by atoms with van der Waals surface area (Å²) in [4.78, 5) is 0. The quantitative estimate of drug-likeness (QED) is 0.658. The molecule has 0 heterocycles. The molecule has 0 unspecified atom stereocenters. The predicted molar refractivity (Wildman–Crippen MR) is 74.3 cm³/mol. The number of anilines is 1. The summed E-state index contributed by atoms with van der Waals surface area (Å²) >= 11 is 0. The minimum atomic E-state index is 0.877. The first kappa shape index (κ1) is 14.0. The van der Waals surface area contributed by atoms with Crippen LogP contribution >= 0.6 is 0 Å². The number of rotatable bonds is 9. The Hall–Kier alpha value is -1.02. The van der Waals surface area contributed by atoms with E-state index < -0.39 is 0 Å². The van der Waals surface area contributed by atoms with E-state index in [2.05, 4.69) is 42.9 Å². The van der Waals surface area contributed by atoms with Crippen LogP contribution in [0.3, 0.4) is 0 Å². The number of unbranched alkanes of at least 4 members (excludes halogenated alkanes) is 2. The third kappa shape index (κ3) is 6.32. The standard InChI is InChI=1S/C15H24NO/c1-3-8-14-9-7-10-15(13-14)16-11-5-4-6-12-17-2/h3,7,9-10,13,16H,4-6,8,11-12H2,1-2H3. The minimum absolute atomic E-state index is 0.877. The average Bonchev–Trinajstić information content (AvgIpc) is 2.35. The number of hydrogen-bond acceptors (Lipinski definition) is 2. The highest BCUT2D eigenvalue weighted by molar-refractivity contribution is 5.45. The Balaban J connectivity index is 2.19. The van der Waals surface area contributed by atoms with Crippen LogP contribution in [0.4, 0.5) is 5.69 Å². The smallest absolute Gasteiger partial charge is 0.0462 e. The van der Waals surface area contributed by atoms with E-state index in [0.717, 1.165) is 26.0 Å². The van der Waals surface area contributed by atoms with Crippen molar-refractivity contribution in [1.82, 2.24) is 0 Å². The Morgan fingerprint density at radius 2 is 2.12 bits per heavy atom. The van der Waals surface area contributed by atoms with E-state index in [1.807, 2.05) is 0 Å². The molecule has 0 aliphatic carbocycles. The van der Waals surface area contributed by atoms with Gasteiger partial charge in [-0.25, -0.2) is 0 Å². The molecule has 0 fully saturated rings. The summed E-state index contributed by atoms with van der Waals surface area (Å²) in [5.74, 6) is 0. The lowest BCUT2D eigenvalue weighted by Crippen LogP contribution is -2.02. The van der Waals surface area contributed by atoms with Crippen molar-refractivity contribution in [3.8, 4) is 0 Å². The van der Waals surface area contributed by atoms with Crippen molar-refractivity contribution in [3.05, 3.63) is 36.2 Å². The Morgan fingerprint density at radius 1 is 1.24 bits per heavy atom. The molecule has 1 aromatic carbocycles. The van der Waals surface area contributed by atoms with Crippen LogP contribution < -0.4 is 5.32 Å². The lowest BCUT2D eigenvalue weighted by molar-refractivity contribution is 0.192. The molecule has 1 radical (unpaired) electrons. The molecule has 0 aliphatic heterocycles. The SMILES string of the molecule is C[CH]Cc1cccc(NCCCCCOC)c1. The van der Waals surface area contributed by atoms with E-state index in [0.29, 0.717) is 0 Å². The van der Waals surface area contributed by atoms with Gasteiger partial charge in [-0.3, -0.25) is 0 Å². The summed E-state index contributed by atoms with van der Waals surface area (Å²) in [6, 6.07) is 8.65. The van der Waals surface area contributed by atoms with Gasteiger partial charge in [-0.05, 0) is 49.8 Å². The molecule has 2 heteroatoms. The molecule has 1 rings (SSSR count). The predicted octanol–water partition coefficient (Wildman–Crippen LogP) is 3.68. The molecule has 0 spiro atoms. The van der Waals surface area contributed by atoms with Gasteiger partial charge in [-0.15, -0.1) is 0 Å². The highest BCUT2D eigenvalue weighted by Gasteiger charge is 1.95. The second-order valence-electron chi connectivity index (χ2n) is 4.29. The molecule has 0 amide bonds. The van der Waals surface area contributed by atoms with Crippen molar-refractivity contribution >= 4 is 5.69 Å². The largest absolute Gasteiger partial charge is 0.385 e. The van der Waals surface area contributed by atoms with Gasteiger partial charge in [0.2, 0.25) is 0 Å². The molecule has 0 bridgehead atoms. The zero-order chi connectivity index (χ0) is 12.3. The monoisotopic (exact) mass is 234 g/mol. The van der Waals surface area contributed by atoms with Gasteiger partial charge in [-0.2, -0.15) is 0 Å². The van der Waals surface area contributed by atoms with Crippen molar-refractivity contribution in [2.45, 2.75) is 32.6 Å². The van der Waals surface area contributed by atoms with Crippen molar-refractivity contribution in [1.29, 1.82) is 0 Å². The molecule has 0 saturated carbocycles.